The number of ether oxygens (including phenoxy) is 3. The van der Waals surface area contributed by atoms with E-state index < -0.39 is 44.1 Å². The highest BCUT2D eigenvalue weighted by Crippen LogP contribution is 2.48. The Labute approximate surface area is 367 Å². The van der Waals surface area contributed by atoms with Crippen LogP contribution in [0.25, 0.3) is 0 Å². The van der Waals surface area contributed by atoms with Crippen LogP contribution in [0.2, 0.25) is 0 Å². The molecule has 1 fully saturated rings. The van der Waals surface area contributed by atoms with Crippen molar-refractivity contribution in [3.8, 4) is 28.7 Å². The lowest BCUT2D eigenvalue weighted by molar-refractivity contribution is 0.0593. The Morgan fingerprint density at radius 3 is 1.79 bits per heavy atom. The Morgan fingerprint density at radius 1 is 0.683 bits per heavy atom. The standard InChI is InChI=1S/C49H52N3O10P/c1-59-46-28-36(18-24-42(46)53)31-51-48(44(55)30-50-52(49(51)56)32-37-19-25-43(54)47(29-37)60-2)41(26-34-12-6-3-7-13-34)38-20-22-40(23-21-38)61-33-63(57,58)62-45(39-16-10-5-11-17-39)27-35-14-8-4-9-15-35/h3-25,28-29,41,44-45,48,50,53-55H,26-27,30-33H2,1-2H3,(H,57,58). The number of carbonyl (C=O) groups excluding carboxylic acids is 1. The number of hydrogen-bond acceptors (Lipinski definition) is 10. The molecule has 0 saturated carbocycles. The number of aromatic hydroxyl groups is 2. The van der Waals surface area contributed by atoms with Crippen LogP contribution >= 0.6 is 7.60 Å². The molecule has 1 aliphatic heterocycles. The van der Waals surface area contributed by atoms with Crippen molar-refractivity contribution in [2.45, 2.75) is 50.1 Å². The molecule has 13 nitrogen and oxygen atoms in total. The summed E-state index contributed by atoms with van der Waals surface area (Å²) in [7, 11) is -1.38. The van der Waals surface area contributed by atoms with Crippen LogP contribution in [0.1, 0.15) is 45.4 Å². The molecule has 6 aromatic rings. The molecule has 0 bridgehead atoms. The van der Waals surface area contributed by atoms with Gasteiger partial charge in [-0.3, -0.25) is 14.1 Å². The monoisotopic (exact) mass is 873 g/mol. The topological polar surface area (TPSA) is 170 Å². The summed E-state index contributed by atoms with van der Waals surface area (Å²) in [6.07, 6.45) is -1.54. The molecule has 1 heterocycles. The van der Waals surface area contributed by atoms with Crippen molar-refractivity contribution in [1.82, 2.24) is 15.3 Å². The molecule has 5 unspecified atom stereocenters. The molecule has 0 aromatic heterocycles. The fraction of sp³-hybridized carbons (Fsp3) is 0.245. The van der Waals surface area contributed by atoms with Crippen LogP contribution in [0.15, 0.2) is 152 Å². The summed E-state index contributed by atoms with van der Waals surface area (Å²) in [6, 6.07) is 44.3. The van der Waals surface area contributed by atoms with Gasteiger partial charge in [-0.15, -0.1) is 0 Å². The van der Waals surface area contributed by atoms with Crippen molar-refractivity contribution in [2.75, 3.05) is 27.1 Å². The predicted molar refractivity (Wildman–Crippen MR) is 239 cm³/mol. The average Bonchev–Trinajstić information content (AvgIpc) is 3.41. The molecule has 1 saturated heterocycles. The first kappa shape index (κ1) is 44.7. The molecule has 14 heteroatoms. The van der Waals surface area contributed by atoms with Gasteiger partial charge in [0.15, 0.2) is 29.3 Å². The summed E-state index contributed by atoms with van der Waals surface area (Å²) in [6.45, 7) is 0.144. The first-order valence-corrected chi connectivity index (χ1v) is 22.3. The Kier molecular flexibility index (Phi) is 14.7. The summed E-state index contributed by atoms with van der Waals surface area (Å²) < 4.78 is 36.1. The van der Waals surface area contributed by atoms with Gasteiger partial charge in [-0.2, -0.15) is 0 Å². The second-order valence-electron chi connectivity index (χ2n) is 15.4. The Balaban J connectivity index is 1.17. The number of benzene rings is 6. The third kappa shape index (κ3) is 11.6. The van der Waals surface area contributed by atoms with Crippen LogP contribution in [0, 0.1) is 0 Å². The Hall–Kier alpha value is -6.34. The number of carbonyl (C=O) groups is 1. The number of phenolic OH excluding ortho intramolecular Hbond substituents is 2. The lowest BCUT2D eigenvalue weighted by Crippen LogP contribution is -2.52. The highest BCUT2D eigenvalue weighted by Gasteiger charge is 2.42. The van der Waals surface area contributed by atoms with Crippen LogP contribution in [-0.4, -0.2) is 75.4 Å². The number of amides is 2. The number of nitrogens with zero attached hydrogens (tertiary/aromatic N) is 2. The lowest BCUT2D eigenvalue weighted by Gasteiger charge is -2.39. The maximum Gasteiger partial charge on any atom is 0.365 e. The number of β-amino-alcohol motifs (C(OH)–C–C–N with tert-alkyl or cyclic N) is 1. The van der Waals surface area contributed by atoms with Gasteiger partial charge in [-0.05, 0) is 76.2 Å². The zero-order valence-corrected chi connectivity index (χ0v) is 36.0. The summed E-state index contributed by atoms with van der Waals surface area (Å²) in [5.74, 6) is 0.248. The summed E-state index contributed by atoms with van der Waals surface area (Å²) in [4.78, 5) is 27.6. The maximum absolute atomic E-state index is 14.9. The number of rotatable bonds is 18. The number of methoxy groups -OCH3 is 2. The molecule has 0 aliphatic carbocycles. The van der Waals surface area contributed by atoms with Crippen molar-refractivity contribution >= 4 is 13.6 Å². The Bertz CT molecular complexity index is 2460. The van der Waals surface area contributed by atoms with Crippen LogP contribution in [-0.2, 0) is 35.0 Å². The first-order chi connectivity index (χ1) is 30.5. The van der Waals surface area contributed by atoms with Gasteiger partial charge in [0.1, 0.15) is 5.75 Å². The summed E-state index contributed by atoms with van der Waals surface area (Å²) in [5, 5.41) is 34.2. The fourth-order valence-corrected chi connectivity index (χ4v) is 8.86. The number of urea groups is 1. The minimum absolute atomic E-state index is 0.0214. The van der Waals surface area contributed by atoms with E-state index in [9.17, 15) is 29.6 Å². The van der Waals surface area contributed by atoms with E-state index in [2.05, 4.69) is 5.43 Å². The van der Waals surface area contributed by atoms with Gasteiger partial charge >= 0.3 is 13.6 Å². The first-order valence-electron chi connectivity index (χ1n) is 20.6. The smallest absolute Gasteiger partial charge is 0.365 e. The molecule has 5 N–H and O–H groups in total. The number of hydrazine groups is 1. The molecular formula is C49H52N3O10P. The lowest BCUT2D eigenvalue weighted by atomic mass is 9.82. The number of aliphatic hydroxyl groups is 1. The second-order valence-corrected chi connectivity index (χ2v) is 17.1. The van der Waals surface area contributed by atoms with Gasteiger partial charge < -0.3 is 39.3 Å². The van der Waals surface area contributed by atoms with Crippen molar-refractivity contribution in [1.29, 1.82) is 0 Å². The molecule has 328 valence electrons. The van der Waals surface area contributed by atoms with E-state index in [0.29, 0.717) is 29.7 Å². The zero-order valence-electron chi connectivity index (χ0n) is 35.1. The van der Waals surface area contributed by atoms with Crippen molar-refractivity contribution in [2.24, 2.45) is 0 Å². The molecule has 63 heavy (non-hydrogen) atoms. The highest BCUT2D eigenvalue weighted by molar-refractivity contribution is 7.52. The summed E-state index contributed by atoms with van der Waals surface area (Å²) >= 11 is 0. The molecular weight excluding hydrogens is 822 g/mol. The van der Waals surface area contributed by atoms with Gasteiger partial charge in [0, 0.05) is 25.4 Å². The van der Waals surface area contributed by atoms with Crippen molar-refractivity contribution < 1.29 is 48.3 Å². The van der Waals surface area contributed by atoms with E-state index >= 15 is 0 Å². The van der Waals surface area contributed by atoms with E-state index in [0.717, 1.165) is 22.3 Å². The fourth-order valence-electron chi connectivity index (χ4n) is 7.90. The third-order valence-corrected chi connectivity index (χ3v) is 12.1. The largest absolute Gasteiger partial charge is 0.504 e. The number of phenols is 2. The van der Waals surface area contributed by atoms with E-state index in [4.69, 9.17) is 18.7 Å². The molecule has 7 rings (SSSR count). The van der Waals surface area contributed by atoms with Gasteiger partial charge in [-0.25, -0.2) is 10.2 Å². The normalized spacial score (nSPS) is 17.3. The SMILES string of the molecule is COc1cc(CN2NCC(O)C(C(Cc3ccccc3)c3ccc(OCP(=O)(O)OC(Cc4ccccc4)c4ccccc4)cc3)N(Cc3ccc(O)c(OC)c3)C2=O)ccc1O. The van der Waals surface area contributed by atoms with Gasteiger partial charge in [0.05, 0.1) is 39.0 Å². The van der Waals surface area contributed by atoms with Crippen molar-refractivity contribution in [3.63, 3.8) is 0 Å². The zero-order chi connectivity index (χ0) is 44.3. The van der Waals surface area contributed by atoms with Crippen LogP contribution in [0.5, 0.6) is 28.7 Å². The Morgan fingerprint density at radius 2 is 1.22 bits per heavy atom. The molecule has 1 aliphatic rings. The molecule has 0 spiro atoms. The number of hydrogen-bond donors (Lipinski definition) is 5. The molecule has 0 radical (unpaired) electrons. The van der Waals surface area contributed by atoms with Crippen LogP contribution < -0.4 is 19.6 Å². The predicted octanol–water partition coefficient (Wildman–Crippen LogP) is 8.34. The van der Waals surface area contributed by atoms with E-state index in [1.807, 2.05) is 103 Å². The van der Waals surface area contributed by atoms with Crippen molar-refractivity contribution in [3.05, 3.63) is 185 Å². The summed E-state index contributed by atoms with van der Waals surface area (Å²) in [5.41, 5.74) is 7.95. The second kappa shape index (κ2) is 20.7. The van der Waals surface area contributed by atoms with Crippen LogP contribution in [0.3, 0.4) is 0 Å². The van der Waals surface area contributed by atoms with Gasteiger partial charge in [-0.1, -0.05) is 115 Å². The van der Waals surface area contributed by atoms with Gasteiger partial charge in [0.25, 0.3) is 0 Å². The molecule has 5 atom stereocenters. The van der Waals surface area contributed by atoms with Crippen LogP contribution in [0.4, 0.5) is 4.79 Å². The number of nitrogens with one attached hydrogen (secondary N) is 1. The third-order valence-electron chi connectivity index (χ3n) is 11.0. The molecule has 2 amide bonds. The van der Waals surface area contributed by atoms with E-state index in [1.54, 1.807) is 41.3 Å². The van der Waals surface area contributed by atoms with E-state index in [1.165, 1.54) is 31.4 Å². The average molecular weight is 874 g/mol. The maximum atomic E-state index is 14.9. The quantitative estimate of drug-likeness (QED) is 0.0526. The highest BCUT2D eigenvalue weighted by atomic mass is 31.2. The minimum atomic E-state index is -4.28. The number of aliphatic hydroxyl groups excluding tert-OH is 1. The van der Waals surface area contributed by atoms with E-state index in [-0.39, 0.29) is 42.6 Å². The molecule has 6 aromatic carbocycles. The minimum Gasteiger partial charge on any atom is -0.504 e. The van der Waals surface area contributed by atoms with Gasteiger partial charge in [0.2, 0.25) is 0 Å².